The lowest BCUT2D eigenvalue weighted by Crippen LogP contribution is -2.34. The Labute approximate surface area is 162 Å². The summed E-state index contributed by atoms with van der Waals surface area (Å²) in [6, 6.07) is 19.5. The minimum atomic E-state index is -0.742. The Morgan fingerprint density at radius 2 is 1.75 bits per heavy atom. The topological polar surface area (TPSA) is 92.9 Å². The van der Waals surface area contributed by atoms with E-state index >= 15 is 0 Å². The number of nitrogens with zero attached hydrogens (tertiary/aromatic N) is 1. The molecule has 0 saturated carbocycles. The van der Waals surface area contributed by atoms with E-state index in [9.17, 15) is 9.59 Å². The maximum Gasteiger partial charge on any atom is 0.313 e. The Kier molecular flexibility index (Phi) is 6.20. The molecular formula is C21H19N3O4. The van der Waals surface area contributed by atoms with Gasteiger partial charge in [-0.2, -0.15) is 0 Å². The first-order valence-electron chi connectivity index (χ1n) is 8.55. The number of carbonyl (C=O) groups excluding carboxylic acids is 2. The summed E-state index contributed by atoms with van der Waals surface area (Å²) in [7, 11) is 1.60. The molecule has 3 aromatic rings. The average molecular weight is 377 g/mol. The first-order chi connectivity index (χ1) is 13.6. The van der Waals surface area contributed by atoms with Crippen molar-refractivity contribution in [2.45, 2.75) is 6.54 Å². The second-order valence-electron chi connectivity index (χ2n) is 5.76. The highest BCUT2D eigenvalue weighted by atomic mass is 16.5. The van der Waals surface area contributed by atoms with Crippen molar-refractivity contribution >= 4 is 29.4 Å². The number of rotatable bonds is 6. The summed E-state index contributed by atoms with van der Waals surface area (Å²) in [5.74, 6) is 0.324. The molecule has 7 heteroatoms. The van der Waals surface area contributed by atoms with Gasteiger partial charge in [0.1, 0.15) is 17.3 Å². The Bertz CT molecular complexity index is 963. The van der Waals surface area contributed by atoms with Gasteiger partial charge in [-0.3, -0.25) is 14.6 Å². The number of furan rings is 1. The van der Waals surface area contributed by atoms with Gasteiger partial charge in [0.25, 0.3) is 0 Å². The minimum Gasteiger partial charge on any atom is -0.497 e. The van der Waals surface area contributed by atoms with Gasteiger partial charge in [-0.15, -0.1) is 0 Å². The number of anilines is 1. The molecule has 0 bridgehead atoms. The molecule has 28 heavy (non-hydrogen) atoms. The van der Waals surface area contributed by atoms with Crippen LogP contribution in [0.25, 0.3) is 0 Å². The molecule has 0 radical (unpaired) electrons. The fourth-order valence-corrected chi connectivity index (χ4v) is 2.32. The number of hydrogen-bond acceptors (Lipinski definition) is 5. The Morgan fingerprint density at radius 1 is 1.00 bits per heavy atom. The zero-order chi connectivity index (χ0) is 19.8. The summed E-state index contributed by atoms with van der Waals surface area (Å²) < 4.78 is 10.7. The van der Waals surface area contributed by atoms with Gasteiger partial charge in [0.2, 0.25) is 0 Å². The SMILES string of the molecule is COc1ccc(N=Cc2ccc(CNC(=O)C(=O)Nc3ccccc3)o2)cc1. The maximum atomic E-state index is 11.9. The van der Waals surface area contributed by atoms with Crippen LogP contribution in [0.3, 0.4) is 0 Å². The largest absolute Gasteiger partial charge is 0.497 e. The zero-order valence-electron chi connectivity index (χ0n) is 15.2. The van der Waals surface area contributed by atoms with E-state index in [1.54, 1.807) is 49.7 Å². The van der Waals surface area contributed by atoms with Crippen LogP contribution in [0.2, 0.25) is 0 Å². The minimum absolute atomic E-state index is 0.0947. The van der Waals surface area contributed by atoms with Crippen molar-refractivity contribution in [2.24, 2.45) is 4.99 Å². The van der Waals surface area contributed by atoms with Crippen molar-refractivity contribution in [3.8, 4) is 5.75 Å². The van der Waals surface area contributed by atoms with Crippen molar-refractivity contribution in [2.75, 3.05) is 12.4 Å². The van der Waals surface area contributed by atoms with Crippen molar-refractivity contribution in [1.82, 2.24) is 5.32 Å². The number of carbonyl (C=O) groups is 2. The molecule has 0 aliphatic rings. The Balaban J connectivity index is 1.50. The second kappa shape index (κ2) is 9.18. The van der Waals surface area contributed by atoms with Crippen molar-refractivity contribution in [3.63, 3.8) is 0 Å². The molecule has 7 nitrogen and oxygen atoms in total. The molecular weight excluding hydrogens is 358 g/mol. The Morgan fingerprint density at radius 3 is 2.46 bits per heavy atom. The fraction of sp³-hybridized carbons (Fsp3) is 0.0952. The van der Waals surface area contributed by atoms with Gasteiger partial charge in [0.05, 0.1) is 25.6 Å². The van der Waals surface area contributed by atoms with Gasteiger partial charge in [-0.1, -0.05) is 18.2 Å². The summed E-state index contributed by atoms with van der Waals surface area (Å²) in [5.41, 5.74) is 1.31. The molecule has 0 spiro atoms. The Hall–Kier alpha value is -3.87. The molecule has 0 unspecified atom stereocenters. The number of aliphatic imine (C=N–C) groups is 1. The molecule has 0 fully saturated rings. The van der Waals surface area contributed by atoms with Crippen LogP contribution in [0.15, 0.2) is 76.1 Å². The van der Waals surface area contributed by atoms with Crippen LogP contribution in [0.5, 0.6) is 5.75 Å². The fourth-order valence-electron chi connectivity index (χ4n) is 2.32. The van der Waals surface area contributed by atoms with E-state index in [0.717, 1.165) is 11.4 Å². The number of benzene rings is 2. The normalized spacial score (nSPS) is 10.6. The first kappa shape index (κ1) is 18.9. The van der Waals surface area contributed by atoms with Crippen LogP contribution in [-0.2, 0) is 16.1 Å². The van der Waals surface area contributed by atoms with Crippen LogP contribution in [0.4, 0.5) is 11.4 Å². The van der Waals surface area contributed by atoms with E-state index in [0.29, 0.717) is 17.2 Å². The van der Waals surface area contributed by atoms with Crippen molar-refractivity contribution in [1.29, 1.82) is 0 Å². The van der Waals surface area contributed by atoms with Gasteiger partial charge >= 0.3 is 11.8 Å². The van der Waals surface area contributed by atoms with E-state index in [1.807, 2.05) is 30.3 Å². The van der Waals surface area contributed by atoms with Gasteiger partial charge in [-0.05, 0) is 48.5 Å². The number of methoxy groups -OCH3 is 1. The molecule has 0 atom stereocenters. The standard InChI is InChI=1S/C21H19N3O4/c1-27-17-9-7-15(8-10-17)22-13-18-11-12-19(28-18)14-23-20(25)21(26)24-16-5-3-2-4-6-16/h2-13H,14H2,1H3,(H,23,25)(H,24,26). The molecule has 2 aromatic carbocycles. The monoisotopic (exact) mass is 377 g/mol. The number of para-hydroxylation sites is 1. The lowest BCUT2D eigenvalue weighted by molar-refractivity contribution is -0.136. The summed E-state index contributed by atoms with van der Waals surface area (Å²) in [6.45, 7) is 0.0947. The number of hydrogen-bond donors (Lipinski definition) is 2. The highest BCUT2D eigenvalue weighted by Gasteiger charge is 2.13. The van der Waals surface area contributed by atoms with Crippen molar-refractivity contribution in [3.05, 3.63) is 78.3 Å². The van der Waals surface area contributed by atoms with E-state index in [2.05, 4.69) is 15.6 Å². The lowest BCUT2D eigenvalue weighted by Gasteiger charge is -2.05. The summed E-state index contributed by atoms with van der Waals surface area (Å²) in [4.78, 5) is 28.1. The third-order valence-corrected chi connectivity index (χ3v) is 3.76. The molecule has 3 rings (SSSR count). The number of nitrogens with one attached hydrogen (secondary N) is 2. The van der Waals surface area contributed by atoms with Crippen LogP contribution in [-0.4, -0.2) is 25.1 Å². The highest BCUT2D eigenvalue weighted by molar-refractivity contribution is 6.39. The smallest absolute Gasteiger partial charge is 0.313 e. The maximum absolute atomic E-state index is 11.9. The van der Waals surface area contributed by atoms with Crippen LogP contribution >= 0.6 is 0 Å². The van der Waals surface area contributed by atoms with Crippen LogP contribution in [0, 0.1) is 0 Å². The highest BCUT2D eigenvalue weighted by Crippen LogP contribution is 2.17. The van der Waals surface area contributed by atoms with E-state index in [4.69, 9.17) is 9.15 Å². The van der Waals surface area contributed by atoms with Gasteiger partial charge < -0.3 is 19.8 Å². The quantitative estimate of drug-likeness (QED) is 0.509. The predicted molar refractivity (Wildman–Crippen MR) is 106 cm³/mol. The third-order valence-electron chi connectivity index (χ3n) is 3.76. The molecule has 0 saturated heterocycles. The molecule has 0 aliphatic heterocycles. The van der Waals surface area contributed by atoms with Crippen LogP contribution in [0.1, 0.15) is 11.5 Å². The second-order valence-corrected chi connectivity index (χ2v) is 5.76. The van der Waals surface area contributed by atoms with Crippen LogP contribution < -0.4 is 15.4 Å². The summed E-state index contributed by atoms with van der Waals surface area (Å²) >= 11 is 0. The average Bonchev–Trinajstić information content (AvgIpc) is 3.19. The van der Waals surface area contributed by atoms with Crippen molar-refractivity contribution < 1.29 is 18.7 Å². The van der Waals surface area contributed by atoms with Gasteiger partial charge in [0, 0.05) is 5.69 Å². The van der Waals surface area contributed by atoms with E-state index in [-0.39, 0.29) is 6.54 Å². The zero-order valence-corrected chi connectivity index (χ0v) is 15.2. The first-order valence-corrected chi connectivity index (χ1v) is 8.55. The third kappa shape index (κ3) is 5.31. The van der Waals surface area contributed by atoms with Gasteiger partial charge in [0.15, 0.2) is 0 Å². The molecule has 1 heterocycles. The number of ether oxygens (including phenoxy) is 1. The van der Waals surface area contributed by atoms with E-state index in [1.165, 1.54) is 0 Å². The summed E-state index contributed by atoms with van der Waals surface area (Å²) in [6.07, 6.45) is 1.58. The number of amides is 2. The molecule has 142 valence electrons. The molecule has 0 aliphatic carbocycles. The van der Waals surface area contributed by atoms with Gasteiger partial charge in [-0.25, -0.2) is 0 Å². The lowest BCUT2D eigenvalue weighted by atomic mass is 10.3. The molecule has 1 aromatic heterocycles. The predicted octanol–water partition coefficient (Wildman–Crippen LogP) is 3.29. The molecule has 2 amide bonds. The van der Waals surface area contributed by atoms with E-state index < -0.39 is 11.8 Å². The summed E-state index contributed by atoms with van der Waals surface area (Å²) in [5, 5.41) is 5.03. The molecule has 2 N–H and O–H groups in total.